The number of rotatable bonds is 3. The van der Waals surface area contributed by atoms with Gasteiger partial charge in [-0.15, -0.1) is 0 Å². The van der Waals surface area contributed by atoms with E-state index in [0.717, 1.165) is 12.8 Å². The number of nitrogens with one attached hydrogen (secondary N) is 1. The zero-order chi connectivity index (χ0) is 19.5. The summed E-state index contributed by atoms with van der Waals surface area (Å²) in [6.07, 6.45) is 2.11. The zero-order valence-corrected chi connectivity index (χ0v) is 15.6. The Bertz CT molecular complexity index is 1320. The molecule has 2 aliphatic rings. The van der Waals surface area contributed by atoms with Crippen LogP contribution >= 0.6 is 0 Å². The van der Waals surface area contributed by atoms with Crippen LogP contribution in [0.25, 0.3) is 10.9 Å². The minimum Gasteiger partial charge on any atom is -0.506 e. The Balaban J connectivity index is 1.80. The summed E-state index contributed by atoms with van der Waals surface area (Å²) in [5.74, 6) is -0.00538. The fraction of sp³-hybridized carbons (Fsp3) is 0.200. The molecule has 2 aromatic carbocycles. The van der Waals surface area contributed by atoms with Crippen molar-refractivity contribution in [3.63, 3.8) is 0 Å². The maximum Gasteiger partial charge on any atom is 0.265 e. The number of hydrogen-bond donors (Lipinski definition) is 2. The highest BCUT2D eigenvalue weighted by Crippen LogP contribution is 2.34. The molecule has 1 aromatic heterocycles. The van der Waals surface area contributed by atoms with E-state index in [1.807, 2.05) is 0 Å². The first-order valence-electron chi connectivity index (χ1n) is 9.01. The van der Waals surface area contributed by atoms with Gasteiger partial charge in [0.1, 0.15) is 16.2 Å². The maximum absolute atomic E-state index is 13.3. The number of benzene rings is 2. The Labute approximate surface area is 161 Å². The molecule has 2 N–H and O–H groups in total. The van der Waals surface area contributed by atoms with E-state index in [9.17, 15) is 18.3 Å². The van der Waals surface area contributed by atoms with Crippen LogP contribution in [0.4, 0.5) is 5.69 Å². The fourth-order valence-corrected chi connectivity index (χ4v) is 4.71. The molecule has 5 rings (SSSR count). The first-order valence-corrected chi connectivity index (χ1v) is 10.5. The zero-order valence-electron chi connectivity index (χ0n) is 14.8. The van der Waals surface area contributed by atoms with Crippen molar-refractivity contribution in [3.05, 3.63) is 64.4 Å². The van der Waals surface area contributed by atoms with Crippen molar-refractivity contribution in [2.24, 2.45) is 10.9 Å². The van der Waals surface area contributed by atoms with Crippen LogP contribution < -0.4 is 10.3 Å². The van der Waals surface area contributed by atoms with Gasteiger partial charge < -0.3 is 9.67 Å². The van der Waals surface area contributed by atoms with Gasteiger partial charge in [0, 0.05) is 11.9 Å². The first-order chi connectivity index (χ1) is 13.5. The minimum atomic E-state index is -3.89. The lowest BCUT2D eigenvalue weighted by Gasteiger charge is -2.20. The molecule has 1 saturated carbocycles. The van der Waals surface area contributed by atoms with Crippen LogP contribution in [0.15, 0.2) is 63.2 Å². The summed E-state index contributed by atoms with van der Waals surface area (Å²) in [5.41, 5.74) is 0.277. The van der Waals surface area contributed by atoms with Gasteiger partial charge in [0.2, 0.25) is 0 Å². The quantitative estimate of drug-likeness (QED) is 0.711. The third-order valence-electron chi connectivity index (χ3n) is 5.14. The predicted octanol–water partition coefficient (Wildman–Crippen LogP) is 2.49. The van der Waals surface area contributed by atoms with Gasteiger partial charge in [-0.1, -0.05) is 24.3 Å². The van der Waals surface area contributed by atoms with Crippen LogP contribution in [0.3, 0.4) is 0 Å². The summed E-state index contributed by atoms with van der Waals surface area (Å²) in [5, 5.41) is 11.3. The first kappa shape index (κ1) is 17.0. The minimum absolute atomic E-state index is 0.0392. The number of para-hydroxylation sites is 2. The van der Waals surface area contributed by atoms with Crippen molar-refractivity contribution in [2.75, 3.05) is 0 Å². The van der Waals surface area contributed by atoms with Gasteiger partial charge in [0.25, 0.3) is 15.6 Å². The van der Waals surface area contributed by atoms with Gasteiger partial charge in [0.15, 0.2) is 5.84 Å². The second-order valence-corrected chi connectivity index (χ2v) is 8.78. The second-order valence-electron chi connectivity index (χ2n) is 7.13. The number of hydrogen-bond acceptors (Lipinski definition) is 5. The van der Waals surface area contributed by atoms with Gasteiger partial charge in [-0.3, -0.25) is 9.52 Å². The molecule has 8 heteroatoms. The van der Waals surface area contributed by atoms with E-state index >= 15 is 0 Å². The van der Waals surface area contributed by atoms with E-state index in [4.69, 9.17) is 0 Å². The number of aromatic nitrogens is 1. The lowest BCUT2D eigenvalue weighted by atomic mass is 10.1. The summed E-state index contributed by atoms with van der Waals surface area (Å²) in [6, 6.07) is 13.4. The molecule has 1 aliphatic heterocycles. The molecule has 1 fully saturated rings. The molecule has 1 aliphatic carbocycles. The lowest BCUT2D eigenvalue weighted by Crippen LogP contribution is -2.39. The Morgan fingerprint density at radius 2 is 1.82 bits per heavy atom. The van der Waals surface area contributed by atoms with Crippen molar-refractivity contribution in [1.29, 1.82) is 0 Å². The normalized spacial score (nSPS) is 17.6. The third-order valence-corrected chi connectivity index (χ3v) is 6.52. The molecule has 0 bridgehead atoms. The van der Waals surface area contributed by atoms with Gasteiger partial charge in [0.05, 0.1) is 11.2 Å². The van der Waals surface area contributed by atoms with E-state index in [2.05, 4.69) is 9.71 Å². The van der Waals surface area contributed by atoms with E-state index in [1.54, 1.807) is 47.0 Å². The molecule has 3 aromatic rings. The number of fused-ring (bicyclic) bond motifs is 2. The highest BCUT2D eigenvalue weighted by Gasteiger charge is 2.31. The van der Waals surface area contributed by atoms with E-state index in [0.29, 0.717) is 23.4 Å². The number of aromatic hydroxyl groups is 1. The number of amidine groups is 1. The monoisotopic (exact) mass is 395 g/mol. The van der Waals surface area contributed by atoms with Crippen molar-refractivity contribution >= 4 is 32.4 Å². The summed E-state index contributed by atoms with van der Waals surface area (Å²) in [6.45, 7) is 0.531. The van der Waals surface area contributed by atoms with Crippen molar-refractivity contribution in [3.8, 4) is 5.75 Å². The number of aliphatic imine (C=N–C) groups is 1. The molecule has 28 heavy (non-hydrogen) atoms. The molecular weight excluding hydrogens is 378 g/mol. The Morgan fingerprint density at radius 1 is 1.11 bits per heavy atom. The van der Waals surface area contributed by atoms with Gasteiger partial charge >= 0.3 is 0 Å². The van der Waals surface area contributed by atoms with Crippen LogP contribution in [-0.4, -0.2) is 23.9 Å². The summed E-state index contributed by atoms with van der Waals surface area (Å²) in [4.78, 5) is 17.6. The maximum atomic E-state index is 13.3. The van der Waals surface area contributed by atoms with E-state index in [1.165, 1.54) is 6.07 Å². The molecule has 0 atom stereocenters. The Morgan fingerprint density at radius 3 is 2.61 bits per heavy atom. The topological polar surface area (TPSA) is 101 Å². The largest absolute Gasteiger partial charge is 0.506 e. The van der Waals surface area contributed by atoms with Crippen LogP contribution in [0.2, 0.25) is 0 Å². The lowest BCUT2D eigenvalue weighted by molar-refractivity contribution is 0.476. The van der Waals surface area contributed by atoms with Gasteiger partial charge in [-0.2, -0.15) is 0 Å². The Hall–Kier alpha value is -3.13. The van der Waals surface area contributed by atoms with Crippen molar-refractivity contribution < 1.29 is 13.5 Å². The summed E-state index contributed by atoms with van der Waals surface area (Å²) < 4.78 is 29.2. The van der Waals surface area contributed by atoms with Crippen LogP contribution in [0.1, 0.15) is 18.4 Å². The highest BCUT2D eigenvalue weighted by atomic mass is 32.2. The molecule has 2 heterocycles. The molecule has 0 unspecified atom stereocenters. The number of nitrogens with zero attached hydrogens (tertiary/aromatic N) is 2. The number of pyridine rings is 1. The smallest absolute Gasteiger partial charge is 0.265 e. The van der Waals surface area contributed by atoms with Gasteiger partial charge in [-0.25, -0.2) is 13.4 Å². The molecule has 0 radical (unpaired) electrons. The van der Waals surface area contributed by atoms with Crippen LogP contribution in [0, 0.1) is 5.92 Å². The molecule has 0 saturated heterocycles. The molecule has 0 amide bonds. The predicted molar refractivity (Wildman–Crippen MR) is 106 cm³/mol. The molecule has 0 spiro atoms. The standard InChI is InChI=1S/C20H17N3O4S/c24-18-13-5-1-3-7-15(13)23(11-12-9-10-12)20(25)17(18)19-21-14-6-2-4-8-16(14)28(26,27)22-19/h1-8,12,24H,9-11H2,(H,21,22). The highest BCUT2D eigenvalue weighted by molar-refractivity contribution is 7.90. The SMILES string of the molecule is O=c1c(C2=Nc3ccccc3S(=O)(=O)N2)c(O)c2ccccc2n1CC1CC1. The Kier molecular flexibility index (Phi) is 3.60. The summed E-state index contributed by atoms with van der Waals surface area (Å²) in [7, 11) is -3.89. The molecular formula is C20H17N3O4S. The average Bonchev–Trinajstić information content (AvgIpc) is 3.49. The average molecular weight is 395 g/mol. The number of sulfonamides is 1. The van der Waals surface area contributed by atoms with E-state index in [-0.39, 0.29) is 27.7 Å². The van der Waals surface area contributed by atoms with Crippen LogP contribution in [0.5, 0.6) is 5.75 Å². The van der Waals surface area contributed by atoms with Crippen LogP contribution in [-0.2, 0) is 16.6 Å². The second kappa shape index (κ2) is 5.93. The van der Waals surface area contributed by atoms with Crippen molar-refractivity contribution in [2.45, 2.75) is 24.3 Å². The van der Waals surface area contributed by atoms with Crippen molar-refractivity contribution in [1.82, 2.24) is 9.29 Å². The fourth-order valence-electron chi connectivity index (χ4n) is 3.55. The molecule has 7 nitrogen and oxygen atoms in total. The molecule has 142 valence electrons. The van der Waals surface area contributed by atoms with Gasteiger partial charge in [-0.05, 0) is 43.0 Å². The summed E-state index contributed by atoms with van der Waals surface area (Å²) >= 11 is 0. The van der Waals surface area contributed by atoms with E-state index < -0.39 is 15.6 Å². The third kappa shape index (κ3) is 2.60.